The summed E-state index contributed by atoms with van der Waals surface area (Å²) >= 11 is 0. The van der Waals surface area contributed by atoms with E-state index in [2.05, 4.69) is 0 Å². The number of rotatable bonds is 4. The molecule has 0 unspecified atom stereocenters. The van der Waals surface area contributed by atoms with Crippen molar-refractivity contribution in [1.29, 1.82) is 0 Å². The smallest absolute Gasteiger partial charge is 0.123 e. The van der Waals surface area contributed by atoms with E-state index in [0.717, 1.165) is 22.4 Å². The van der Waals surface area contributed by atoms with E-state index in [1.807, 2.05) is 38.1 Å². The third-order valence-electron chi connectivity index (χ3n) is 2.95. The fraction of sp³-hybridized carbons (Fsp3) is 0.250. The second-order valence-corrected chi connectivity index (χ2v) is 4.33. The highest BCUT2D eigenvalue weighted by atomic mass is 16.5. The molecule has 0 aliphatic heterocycles. The molecule has 3 nitrogen and oxygen atoms in total. The highest BCUT2D eigenvalue weighted by molar-refractivity contribution is 5.71. The lowest BCUT2D eigenvalue weighted by Gasteiger charge is -2.11. The summed E-state index contributed by atoms with van der Waals surface area (Å²) in [6, 6.07) is 11.1. The van der Waals surface area contributed by atoms with Gasteiger partial charge >= 0.3 is 0 Å². The number of hydrogen-bond donors (Lipinski definition) is 1. The van der Waals surface area contributed by atoms with Crippen LogP contribution >= 0.6 is 0 Å². The van der Waals surface area contributed by atoms with Crippen molar-refractivity contribution in [2.75, 3.05) is 13.7 Å². The number of ether oxygens (including phenoxy) is 2. The molecule has 0 aliphatic rings. The van der Waals surface area contributed by atoms with Gasteiger partial charge in [0.15, 0.2) is 0 Å². The van der Waals surface area contributed by atoms with Crippen LogP contribution in [0.4, 0.5) is 0 Å². The number of aryl methyl sites for hydroxylation is 1. The molecular weight excluding hydrogens is 240 g/mol. The van der Waals surface area contributed by atoms with Crippen LogP contribution in [0.5, 0.6) is 17.2 Å². The number of benzene rings is 2. The summed E-state index contributed by atoms with van der Waals surface area (Å²) in [5, 5.41) is 9.71. The van der Waals surface area contributed by atoms with E-state index >= 15 is 0 Å². The van der Waals surface area contributed by atoms with E-state index in [0.29, 0.717) is 12.4 Å². The van der Waals surface area contributed by atoms with Crippen LogP contribution in [0.2, 0.25) is 0 Å². The molecule has 2 aromatic rings. The third-order valence-corrected chi connectivity index (χ3v) is 2.95. The molecule has 0 spiro atoms. The zero-order chi connectivity index (χ0) is 13.8. The fourth-order valence-corrected chi connectivity index (χ4v) is 2.07. The molecule has 2 aromatic carbocycles. The molecule has 0 aliphatic carbocycles. The number of aromatic hydroxyl groups is 1. The molecule has 2 rings (SSSR count). The first-order valence-corrected chi connectivity index (χ1v) is 6.26. The van der Waals surface area contributed by atoms with Gasteiger partial charge in [-0.2, -0.15) is 0 Å². The molecule has 0 fully saturated rings. The lowest BCUT2D eigenvalue weighted by atomic mass is 10.00. The molecule has 19 heavy (non-hydrogen) atoms. The summed E-state index contributed by atoms with van der Waals surface area (Å²) in [4.78, 5) is 0. The minimum absolute atomic E-state index is 0.197. The first kappa shape index (κ1) is 13.3. The van der Waals surface area contributed by atoms with Gasteiger partial charge in [0, 0.05) is 6.07 Å². The van der Waals surface area contributed by atoms with E-state index in [1.165, 1.54) is 0 Å². The highest BCUT2D eigenvalue weighted by Crippen LogP contribution is 2.32. The summed E-state index contributed by atoms with van der Waals surface area (Å²) in [6.45, 7) is 4.64. The van der Waals surface area contributed by atoms with Gasteiger partial charge in [0.1, 0.15) is 17.2 Å². The van der Waals surface area contributed by atoms with Gasteiger partial charge < -0.3 is 14.6 Å². The van der Waals surface area contributed by atoms with Crippen molar-refractivity contribution in [3.63, 3.8) is 0 Å². The Balaban J connectivity index is 2.44. The molecule has 0 bridgehead atoms. The standard InChI is InChI=1S/C16H18O3/c1-4-19-14-5-6-16(11(2)7-14)12-8-13(17)10-15(9-12)18-3/h5-10,17H,4H2,1-3H3. The van der Waals surface area contributed by atoms with Crippen LogP contribution in [-0.2, 0) is 0 Å². The van der Waals surface area contributed by atoms with Gasteiger partial charge in [0.25, 0.3) is 0 Å². The second kappa shape index (κ2) is 5.65. The van der Waals surface area contributed by atoms with Crippen molar-refractivity contribution >= 4 is 0 Å². The zero-order valence-corrected chi connectivity index (χ0v) is 11.4. The maximum Gasteiger partial charge on any atom is 0.123 e. The first-order chi connectivity index (χ1) is 9.13. The number of phenolic OH excluding ortho intramolecular Hbond substituents is 1. The third kappa shape index (κ3) is 2.99. The Morgan fingerprint density at radius 1 is 1.05 bits per heavy atom. The van der Waals surface area contributed by atoms with Crippen LogP contribution < -0.4 is 9.47 Å². The molecule has 0 saturated heterocycles. The average molecular weight is 258 g/mol. The van der Waals surface area contributed by atoms with Gasteiger partial charge in [-0.3, -0.25) is 0 Å². The van der Waals surface area contributed by atoms with Crippen LogP contribution in [-0.4, -0.2) is 18.8 Å². The molecule has 0 atom stereocenters. The molecule has 0 heterocycles. The molecular formula is C16H18O3. The Bertz CT molecular complexity index is 576. The van der Waals surface area contributed by atoms with E-state index < -0.39 is 0 Å². The van der Waals surface area contributed by atoms with Crippen LogP contribution in [0.15, 0.2) is 36.4 Å². The fourth-order valence-electron chi connectivity index (χ4n) is 2.07. The van der Waals surface area contributed by atoms with Crippen molar-refractivity contribution in [3.05, 3.63) is 42.0 Å². The van der Waals surface area contributed by atoms with Gasteiger partial charge in [-0.15, -0.1) is 0 Å². The largest absolute Gasteiger partial charge is 0.508 e. The summed E-state index contributed by atoms with van der Waals surface area (Å²) in [7, 11) is 1.59. The number of methoxy groups -OCH3 is 1. The molecule has 0 amide bonds. The monoisotopic (exact) mass is 258 g/mol. The van der Waals surface area contributed by atoms with E-state index in [9.17, 15) is 5.11 Å². The van der Waals surface area contributed by atoms with Gasteiger partial charge in [0.05, 0.1) is 13.7 Å². The van der Waals surface area contributed by atoms with Crippen molar-refractivity contribution < 1.29 is 14.6 Å². The Morgan fingerprint density at radius 2 is 1.84 bits per heavy atom. The van der Waals surface area contributed by atoms with E-state index in [1.54, 1.807) is 19.2 Å². The van der Waals surface area contributed by atoms with Crippen LogP contribution in [0.3, 0.4) is 0 Å². The van der Waals surface area contributed by atoms with Crippen molar-refractivity contribution in [2.24, 2.45) is 0 Å². The maximum absolute atomic E-state index is 9.71. The minimum atomic E-state index is 0.197. The van der Waals surface area contributed by atoms with Gasteiger partial charge in [-0.05, 0) is 54.8 Å². The molecule has 0 radical (unpaired) electrons. The van der Waals surface area contributed by atoms with Gasteiger partial charge in [-0.1, -0.05) is 6.07 Å². The van der Waals surface area contributed by atoms with E-state index in [4.69, 9.17) is 9.47 Å². The summed E-state index contributed by atoms with van der Waals surface area (Å²) in [6.07, 6.45) is 0. The Labute approximate surface area is 113 Å². The normalized spacial score (nSPS) is 10.3. The molecule has 3 heteroatoms. The van der Waals surface area contributed by atoms with Gasteiger partial charge in [0.2, 0.25) is 0 Å². The Morgan fingerprint density at radius 3 is 2.47 bits per heavy atom. The lowest BCUT2D eigenvalue weighted by molar-refractivity contribution is 0.340. The molecule has 100 valence electrons. The Kier molecular flexibility index (Phi) is 3.95. The van der Waals surface area contributed by atoms with E-state index in [-0.39, 0.29) is 5.75 Å². The topological polar surface area (TPSA) is 38.7 Å². The average Bonchev–Trinajstić information content (AvgIpc) is 2.38. The molecule has 1 N–H and O–H groups in total. The highest BCUT2D eigenvalue weighted by Gasteiger charge is 2.07. The zero-order valence-electron chi connectivity index (χ0n) is 11.4. The van der Waals surface area contributed by atoms with Gasteiger partial charge in [-0.25, -0.2) is 0 Å². The predicted molar refractivity (Wildman–Crippen MR) is 76.0 cm³/mol. The second-order valence-electron chi connectivity index (χ2n) is 4.33. The van der Waals surface area contributed by atoms with Crippen molar-refractivity contribution in [2.45, 2.75) is 13.8 Å². The quantitative estimate of drug-likeness (QED) is 0.907. The Hall–Kier alpha value is -2.16. The maximum atomic E-state index is 9.71. The molecule has 0 saturated carbocycles. The van der Waals surface area contributed by atoms with Crippen molar-refractivity contribution in [1.82, 2.24) is 0 Å². The van der Waals surface area contributed by atoms with Crippen LogP contribution in [0.1, 0.15) is 12.5 Å². The number of phenols is 1. The van der Waals surface area contributed by atoms with Crippen LogP contribution in [0, 0.1) is 6.92 Å². The van der Waals surface area contributed by atoms with Crippen LogP contribution in [0.25, 0.3) is 11.1 Å². The molecule has 0 aromatic heterocycles. The summed E-state index contributed by atoms with van der Waals surface area (Å²) in [5.41, 5.74) is 3.08. The summed E-state index contributed by atoms with van der Waals surface area (Å²) in [5.74, 6) is 1.70. The summed E-state index contributed by atoms with van der Waals surface area (Å²) < 4.78 is 10.6. The first-order valence-electron chi connectivity index (χ1n) is 6.26. The lowest BCUT2D eigenvalue weighted by Crippen LogP contribution is -1.93. The number of hydrogen-bond acceptors (Lipinski definition) is 3. The van der Waals surface area contributed by atoms with Crippen molar-refractivity contribution in [3.8, 4) is 28.4 Å². The predicted octanol–water partition coefficient (Wildman–Crippen LogP) is 3.77. The SMILES string of the molecule is CCOc1ccc(-c2cc(O)cc(OC)c2)c(C)c1. The minimum Gasteiger partial charge on any atom is -0.508 e.